The number of likely N-dealkylation sites (N-methyl/N-ethyl adjacent to an activating group) is 1. The SMILES string of the molecule is CCC(C)N(CC(=O)O)C(=O)N1CCCC1C(=O)NC. The largest absolute Gasteiger partial charge is 0.480 e. The molecule has 1 fully saturated rings. The summed E-state index contributed by atoms with van der Waals surface area (Å²) in [6, 6.07) is -1.04. The van der Waals surface area contributed by atoms with Crippen molar-refractivity contribution < 1.29 is 19.5 Å². The third-order valence-corrected chi connectivity index (χ3v) is 3.72. The third kappa shape index (κ3) is 3.61. The standard InChI is InChI=1S/C13H23N3O4/c1-4-9(2)16(8-11(17)18)13(20)15-7-5-6-10(15)12(19)14-3/h9-10H,4-8H2,1-3H3,(H,14,19)(H,17,18). The van der Waals surface area contributed by atoms with Crippen LogP contribution in [0.3, 0.4) is 0 Å². The Kier molecular flexibility index (Phi) is 5.79. The lowest BCUT2D eigenvalue weighted by atomic mass is 10.2. The number of nitrogens with one attached hydrogen (secondary N) is 1. The van der Waals surface area contributed by atoms with Crippen molar-refractivity contribution in [3.05, 3.63) is 0 Å². The molecule has 20 heavy (non-hydrogen) atoms. The van der Waals surface area contributed by atoms with Gasteiger partial charge < -0.3 is 20.2 Å². The van der Waals surface area contributed by atoms with Crippen LogP contribution in [0.2, 0.25) is 0 Å². The Morgan fingerprint density at radius 1 is 1.45 bits per heavy atom. The van der Waals surface area contributed by atoms with Gasteiger partial charge in [-0.05, 0) is 26.2 Å². The number of carbonyl (C=O) groups excluding carboxylic acids is 2. The predicted molar refractivity (Wildman–Crippen MR) is 73.3 cm³/mol. The number of rotatable bonds is 5. The molecule has 0 radical (unpaired) electrons. The topological polar surface area (TPSA) is 90.0 Å². The minimum Gasteiger partial charge on any atom is -0.480 e. The molecular weight excluding hydrogens is 262 g/mol. The molecule has 1 aliphatic heterocycles. The van der Waals surface area contributed by atoms with Crippen LogP contribution < -0.4 is 5.32 Å². The average Bonchev–Trinajstić information content (AvgIpc) is 2.91. The van der Waals surface area contributed by atoms with Crippen LogP contribution >= 0.6 is 0 Å². The van der Waals surface area contributed by atoms with Crippen molar-refractivity contribution in [2.24, 2.45) is 0 Å². The van der Waals surface area contributed by atoms with Crippen LogP contribution in [0.25, 0.3) is 0 Å². The quantitative estimate of drug-likeness (QED) is 0.769. The van der Waals surface area contributed by atoms with Crippen LogP contribution in [0.1, 0.15) is 33.1 Å². The molecule has 0 saturated carbocycles. The molecule has 0 aromatic rings. The van der Waals surface area contributed by atoms with Crippen LogP contribution in [0, 0.1) is 0 Å². The lowest BCUT2D eigenvalue weighted by molar-refractivity contribution is -0.138. The highest BCUT2D eigenvalue weighted by atomic mass is 16.4. The fourth-order valence-corrected chi connectivity index (χ4v) is 2.38. The molecule has 0 spiro atoms. The van der Waals surface area contributed by atoms with Gasteiger partial charge in [-0.15, -0.1) is 0 Å². The van der Waals surface area contributed by atoms with Gasteiger partial charge in [0.05, 0.1) is 0 Å². The number of hydrogen-bond donors (Lipinski definition) is 2. The minimum atomic E-state index is -1.05. The highest BCUT2D eigenvalue weighted by Crippen LogP contribution is 2.20. The fraction of sp³-hybridized carbons (Fsp3) is 0.769. The minimum absolute atomic E-state index is 0.176. The lowest BCUT2D eigenvalue weighted by Crippen LogP contribution is -2.53. The van der Waals surface area contributed by atoms with Crippen molar-refractivity contribution in [2.75, 3.05) is 20.1 Å². The van der Waals surface area contributed by atoms with Gasteiger partial charge in [-0.2, -0.15) is 0 Å². The summed E-state index contributed by atoms with van der Waals surface area (Å²) < 4.78 is 0. The van der Waals surface area contributed by atoms with Crippen LogP contribution in [0.4, 0.5) is 4.79 Å². The van der Waals surface area contributed by atoms with Crippen molar-refractivity contribution in [1.29, 1.82) is 0 Å². The molecule has 1 saturated heterocycles. The number of likely N-dealkylation sites (tertiary alicyclic amines) is 1. The number of carbonyl (C=O) groups is 3. The third-order valence-electron chi connectivity index (χ3n) is 3.72. The van der Waals surface area contributed by atoms with Gasteiger partial charge in [0, 0.05) is 19.6 Å². The average molecular weight is 285 g/mol. The van der Waals surface area contributed by atoms with Crippen LogP contribution in [-0.4, -0.2) is 65.0 Å². The highest BCUT2D eigenvalue weighted by molar-refractivity contribution is 5.88. The second kappa shape index (κ2) is 7.12. The molecule has 0 aromatic heterocycles. The maximum absolute atomic E-state index is 12.5. The van der Waals surface area contributed by atoms with E-state index in [-0.39, 0.29) is 24.5 Å². The molecule has 0 aliphatic carbocycles. The summed E-state index contributed by atoms with van der Waals surface area (Å²) >= 11 is 0. The van der Waals surface area contributed by atoms with Crippen LogP contribution in [0.5, 0.6) is 0 Å². The Bertz CT molecular complexity index is 386. The lowest BCUT2D eigenvalue weighted by Gasteiger charge is -2.33. The molecule has 3 amide bonds. The number of amides is 3. The number of carboxylic acids is 1. The Balaban J connectivity index is 2.87. The highest BCUT2D eigenvalue weighted by Gasteiger charge is 2.37. The van der Waals surface area contributed by atoms with Gasteiger partial charge in [0.2, 0.25) is 5.91 Å². The first-order valence-electron chi connectivity index (χ1n) is 6.93. The van der Waals surface area contributed by atoms with Crippen molar-refractivity contribution >= 4 is 17.9 Å². The van der Waals surface area contributed by atoms with E-state index in [1.165, 1.54) is 16.8 Å². The van der Waals surface area contributed by atoms with E-state index in [4.69, 9.17) is 5.11 Å². The molecule has 0 bridgehead atoms. The van der Waals surface area contributed by atoms with Crippen molar-refractivity contribution in [3.63, 3.8) is 0 Å². The number of aliphatic carboxylic acids is 1. The Labute approximate surface area is 118 Å². The van der Waals surface area contributed by atoms with Crippen molar-refractivity contribution in [2.45, 2.75) is 45.2 Å². The van der Waals surface area contributed by atoms with Crippen molar-refractivity contribution in [1.82, 2.24) is 15.1 Å². The predicted octanol–water partition coefficient (Wildman–Crippen LogP) is 0.502. The van der Waals surface area contributed by atoms with E-state index in [1.807, 2.05) is 13.8 Å². The van der Waals surface area contributed by atoms with Gasteiger partial charge in [0.25, 0.3) is 0 Å². The molecule has 0 aromatic carbocycles. The molecule has 7 heteroatoms. The zero-order valence-electron chi connectivity index (χ0n) is 12.3. The molecule has 1 aliphatic rings. The van der Waals surface area contributed by atoms with Gasteiger partial charge in [0.15, 0.2) is 0 Å². The van der Waals surface area contributed by atoms with E-state index in [1.54, 1.807) is 0 Å². The molecule has 1 rings (SSSR count). The van der Waals surface area contributed by atoms with E-state index in [2.05, 4.69) is 5.32 Å². The number of hydrogen-bond acceptors (Lipinski definition) is 3. The maximum Gasteiger partial charge on any atom is 0.323 e. The first-order valence-corrected chi connectivity index (χ1v) is 6.93. The Hall–Kier alpha value is -1.79. The summed E-state index contributed by atoms with van der Waals surface area (Å²) in [7, 11) is 1.53. The summed E-state index contributed by atoms with van der Waals surface area (Å²) in [5.41, 5.74) is 0. The van der Waals surface area contributed by atoms with Gasteiger partial charge in [0.1, 0.15) is 12.6 Å². The molecule has 2 atom stereocenters. The van der Waals surface area contributed by atoms with Gasteiger partial charge in [-0.1, -0.05) is 6.92 Å². The fourth-order valence-electron chi connectivity index (χ4n) is 2.38. The smallest absolute Gasteiger partial charge is 0.323 e. The van der Waals surface area contributed by atoms with E-state index in [0.717, 1.165) is 6.42 Å². The first kappa shape index (κ1) is 16.3. The molecule has 114 valence electrons. The van der Waals surface area contributed by atoms with E-state index < -0.39 is 12.0 Å². The summed E-state index contributed by atoms with van der Waals surface area (Å²) in [4.78, 5) is 38.0. The molecular formula is C13H23N3O4. The second-order valence-corrected chi connectivity index (χ2v) is 5.03. The second-order valence-electron chi connectivity index (χ2n) is 5.03. The van der Waals surface area contributed by atoms with Gasteiger partial charge in [-0.3, -0.25) is 9.59 Å². The van der Waals surface area contributed by atoms with Gasteiger partial charge >= 0.3 is 12.0 Å². The van der Waals surface area contributed by atoms with Crippen molar-refractivity contribution in [3.8, 4) is 0 Å². The number of carboxylic acid groups (broad SMARTS) is 1. The first-order chi connectivity index (χ1) is 9.42. The maximum atomic E-state index is 12.5. The Morgan fingerprint density at radius 2 is 2.10 bits per heavy atom. The molecule has 2 N–H and O–H groups in total. The zero-order chi connectivity index (χ0) is 15.3. The zero-order valence-corrected chi connectivity index (χ0v) is 12.3. The van der Waals surface area contributed by atoms with E-state index in [9.17, 15) is 14.4 Å². The summed E-state index contributed by atoms with van der Waals surface area (Å²) in [5.74, 6) is -1.25. The van der Waals surface area contributed by atoms with E-state index >= 15 is 0 Å². The van der Waals surface area contributed by atoms with Crippen LogP contribution in [-0.2, 0) is 9.59 Å². The van der Waals surface area contributed by atoms with E-state index in [0.29, 0.717) is 19.4 Å². The summed E-state index contributed by atoms with van der Waals surface area (Å²) in [6.45, 7) is 3.85. The monoisotopic (exact) mass is 285 g/mol. The number of urea groups is 1. The summed E-state index contributed by atoms with van der Waals surface area (Å²) in [6.07, 6.45) is 2.04. The van der Waals surface area contributed by atoms with Gasteiger partial charge in [-0.25, -0.2) is 4.79 Å². The molecule has 2 unspecified atom stereocenters. The Morgan fingerprint density at radius 3 is 2.60 bits per heavy atom. The molecule has 7 nitrogen and oxygen atoms in total. The molecule has 1 heterocycles. The number of nitrogens with zero attached hydrogens (tertiary/aromatic N) is 2. The van der Waals surface area contributed by atoms with Crippen LogP contribution in [0.15, 0.2) is 0 Å². The summed E-state index contributed by atoms with van der Waals surface area (Å²) in [5, 5.41) is 11.5. The normalized spacial score (nSPS) is 19.6.